The Bertz CT molecular complexity index is 841. The van der Waals surface area contributed by atoms with Crippen LogP contribution in [-0.2, 0) is 36.8 Å². The van der Waals surface area contributed by atoms with Gasteiger partial charge in [-0.3, -0.25) is 4.90 Å². The summed E-state index contributed by atoms with van der Waals surface area (Å²) in [5.74, 6) is 0. The predicted octanol–water partition coefficient (Wildman–Crippen LogP) is 4.62. The molecule has 1 amide bonds. The van der Waals surface area contributed by atoms with E-state index in [4.69, 9.17) is 23.7 Å². The van der Waals surface area contributed by atoms with E-state index in [1.165, 1.54) is 0 Å². The quantitative estimate of drug-likeness (QED) is 0.242. The molecule has 1 N–H and O–H groups in total. The predicted molar refractivity (Wildman–Crippen MR) is 149 cm³/mol. The van der Waals surface area contributed by atoms with Crippen molar-refractivity contribution in [1.29, 1.82) is 0 Å². The molecule has 9 heteroatoms. The van der Waals surface area contributed by atoms with Crippen molar-refractivity contribution < 1.29 is 32.9 Å². The molecule has 0 radical (unpaired) electrons. The zero-order valence-corrected chi connectivity index (χ0v) is 23.6. The highest BCUT2D eigenvalue weighted by Crippen LogP contribution is 2.12. The molecule has 1 atom stereocenters. The first kappa shape index (κ1) is 32.7. The van der Waals surface area contributed by atoms with Crippen LogP contribution in [0.4, 0.5) is 9.18 Å². The van der Waals surface area contributed by atoms with Crippen LogP contribution in [0.2, 0.25) is 0 Å². The number of alkyl halides is 1. The maximum absolute atomic E-state index is 14.7. The maximum Gasteiger partial charge on any atom is 0.407 e. The highest BCUT2D eigenvalue weighted by molar-refractivity contribution is 5.67. The summed E-state index contributed by atoms with van der Waals surface area (Å²) >= 11 is 0. The van der Waals surface area contributed by atoms with Crippen molar-refractivity contribution in [2.75, 3.05) is 65.9 Å². The van der Waals surface area contributed by atoms with Gasteiger partial charge in [0.05, 0.1) is 52.9 Å². The summed E-state index contributed by atoms with van der Waals surface area (Å²) in [7, 11) is 0. The molecule has 39 heavy (non-hydrogen) atoms. The van der Waals surface area contributed by atoms with Crippen molar-refractivity contribution in [3.8, 4) is 0 Å². The molecule has 0 saturated heterocycles. The normalized spacial score (nSPS) is 12.4. The summed E-state index contributed by atoms with van der Waals surface area (Å²) in [5.41, 5.74) is 1.79. The highest BCUT2D eigenvalue weighted by atomic mass is 19.1. The molecule has 2 aromatic carbocycles. The van der Waals surface area contributed by atoms with E-state index in [9.17, 15) is 9.18 Å². The average Bonchev–Trinajstić information content (AvgIpc) is 2.89. The van der Waals surface area contributed by atoms with Crippen LogP contribution >= 0.6 is 0 Å². The topological polar surface area (TPSA) is 78.5 Å². The van der Waals surface area contributed by atoms with Gasteiger partial charge in [0, 0.05) is 26.2 Å². The minimum absolute atomic E-state index is 0.0278. The number of hydrogen-bond donors (Lipinski definition) is 1. The molecule has 2 rings (SSSR count). The largest absolute Gasteiger partial charge is 0.444 e. The van der Waals surface area contributed by atoms with Gasteiger partial charge in [0.2, 0.25) is 0 Å². The molecule has 0 aliphatic carbocycles. The van der Waals surface area contributed by atoms with Crippen LogP contribution < -0.4 is 5.32 Å². The van der Waals surface area contributed by atoms with Crippen molar-refractivity contribution in [3.63, 3.8) is 0 Å². The number of amides is 1. The number of carbonyl (C=O) groups is 1. The van der Waals surface area contributed by atoms with E-state index < -0.39 is 17.9 Å². The van der Waals surface area contributed by atoms with E-state index in [0.29, 0.717) is 65.9 Å². The second-order valence-electron chi connectivity index (χ2n) is 10.1. The summed E-state index contributed by atoms with van der Waals surface area (Å²) in [6, 6.07) is 20.2. The molecule has 0 aliphatic rings. The first-order valence-corrected chi connectivity index (χ1v) is 13.5. The third-order valence-electron chi connectivity index (χ3n) is 5.28. The Labute approximate surface area is 232 Å². The molecule has 0 aliphatic heterocycles. The van der Waals surface area contributed by atoms with E-state index in [2.05, 4.69) is 34.5 Å². The molecule has 218 valence electrons. The molecule has 0 unspecified atom stereocenters. The lowest BCUT2D eigenvalue weighted by atomic mass is 10.1. The van der Waals surface area contributed by atoms with Crippen LogP contribution in [0.25, 0.3) is 0 Å². The Morgan fingerprint density at radius 2 is 1.23 bits per heavy atom. The van der Waals surface area contributed by atoms with E-state index >= 15 is 0 Å². The van der Waals surface area contributed by atoms with Crippen molar-refractivity contribution in [3.05, 3.63) is 71.8 Å². The Balaban J connectivity index is 1.46. The number of alkyl carbamates (subject to hydrolysis) is 1. The van der Waals surface area contributed by atoms with Gasteiger partial charge in [-0.2, -0.15) is 0 Å². The van der Waals surface area contributed by atoms with Crippen molar-refractivity contribution >= 4 is 6.09 Å². The zero-order chi connectivity index (χ0) is 28.2. The number of rotatable bonds is 20. The van der Waals surface area contributed by atoms with Gasteiger partial charge in [-0.05, 0) is 31.9 Å². The standard InChI is InChI=1S/C30H45FN2O6/c1-30(2,3)39-29(34)32-14-15-35-16-17-36-18-19-37-20-21-38-25-28(31)24-33(22-26-10-6-4-7-11-26)23-27-12-8-5-9-13-27/h4-13,28H,14-25H2,1-3H3,(H,32,34)/t28-/m0/s1. The first-order chi connectivity index (χ1) is 18.8. The SMILES string of the molecule is CC(C)(C)OC(=O)NCCOCCOCCOCCOC[C@@H](F)CN(Cc1ccccc1)Cc1ccccc1. The van der Waals surface area contributed by atoms with E-state index in [1.807, 2.05) is 57.2 Å². The number of ether oxygens (including phenoxy) is 5. The van der Waals surface area contributed by atoms with Crippen LogP contribution in [0.1, 0.15) is 31.9 Å². The zero-order valence-electron chi connectivity index (χ0n) is 23.6. The monoisotopic (exact) mass is 548 g/mol. The Morgan fingerprint density at radius 1 is 0.769 bits per heavy atom. The second kappa shape index (κ2) is 19.5. The van der Waals surface area contributed by atoms with E-state index in [-0.39, 0.29) is 13.2 Å². The molecular weight excluding hydrogens is 503 g/mol. The lowest BCUT2D eigenvalue weighted by molar-refractivity contribution is -0.0107. The minimum atomic E-state index is -1.10. The summed E-state index contributed by atoms with van der Waals surface area (Å²) in [6.45, 7) is 10.2. The minimum Gasteiger partial charge on any atom is -0.444 e. The Hall–Kier alpha value is -2.56. The second-order valence-corrected chi connectivity index (χ2v) is 10.1. The molecular formula is C30H45FN2O6. The number of nitrogens with one attached hydrogen (secondary N) is 1. The van der Waals surface area contributed by atoms with E-state index in [1.54, 1.807) is 0 Å². The number of benzene rings is 2. The van der Waals surface area contributed by atoms with Crippen LogP contribution in [0.3, 0.4) is 0 Å². The molecule has 0 saturated carbocycles. The van der Waals surface area contributed by atoms with Crippen LogP contribution in [0.5, 0.6) is 0 Å². The van der Waals surface area contributed by atoms with Crippen molar-refractivity contribution in [2.45, 2.75) is 45.6 Å². The van der Waals surface area contributed by atoms with Gasteiger partial charge in [-0.1, -0.05) is 60.7 Å². The lowest BCUT2D eigenvalue weighted by Gasteiger charge is -2.24. The number of carbonyl (C=O) groups excluding carboxylic acids is 1. The summed E-state index contributed by atoms with van der Waals surface area (Å²) in [6.07, 6.45) is -1.56. The van der Waals surface area contributed by atoms with Gasteiger partial charge in [-0.15, -0.1) is 0 Å². The van der Waals surface area contributed by atoms with Gasteiger partial charge in [0.15, 0.2) is 0 Å². The van der Waals surface area contributed by atoms with Crippen LogP contribution in [-0.4, -0.2) is 88.7 Å². The average molecular weight is 549 g/mol. The molecule has 0 aromatic heterocycles. The fourth-order valence-electron chi connectivity index (χ4n) is 3.61. The van der Waals surface area contributed by atoms with Gasteiger partial charge in [0.25, 0.3) is 0 Å². The molecule has 0 fully saturated rings. The van der Waals surface area contributed by atoms with Crippen LogP contribution in [0, 0.1) is 0 Å². The number of hydrogen-bond acceptors (Lipinski definition) is 7. The molecule has 2 aromatic rings. The maximum atomic E-state index is 14.7. The van der Waals surface area contributed by atoms with Crippen LogP contribution in [0.15, 0.2) is 60.7 Å². The lowest BCUT2D eigenvalue weighted by Crippen LogP contribution is -2.34. The summed E-state index contributed by atoms with van der Waals surface area (Å²) in [5, 5.41) is 2.63. The third-order valence-corrected chi connectivity index (χ3v) is 5.28. The fraction of sp³-hybridized carbons (Fsp3) is 0.567. The van der Waals surface area contributed by atoms with Gasteiger partial charge >= 0.3 is 6.09 Å². The highest BCUT2D eigenvalue weighted by Gasteiger charge is 2.16. The molecule has 0 bridgehead atoms. The molecule has 0 heterocycles. The Morgan fingerprint density at radius 3 is 1.72 bits per heavy atom. The van der Waals surface area contributed by atoms with Gasteiger partial charge in [-0.25, -0.2) is 9.18 Å². The van der Waals surface area contributed by atoms with Gasteiger partial charge in [0.1, 0.15) is 11.8 Å². The smallest absolute Gasteiger partial charge is 0.407 e. The van der Waals surface area contributed by atoms with Crippen molar-refractivity contribution in [2.24, 2.45) is 0 Å². The van der Waals surface area contributed by atoms with E-state index in [0.717, 1.165) is 11.1 Å². The molecule has 8 nitrogen and oxygen atoms in total. The Kier molecular flexibility index (Phi) is 16.3. The van der Waals surface area contributed by atoms with Gasteiger partial charge < -0.3 is 29.0 Å². The summed E-state index contributed by atoms with van der Waals surface area (Å²) in [4.78, 5) is 13.6. The first-order valence-electron chi connectivity index (χ1n) is 13.5. The number of nitrogens with zero attached hydrogens (tertiary/aromatic N) is 1. The third kappa shape index (κ3) is 17.6. The fourth-order valence-corrected chi connectivity index (χ4v) is 3.61. The molecule has 0 spiro atoms. The number of halogens is 1. The van der Waals surface area contributed by atoms with Crippen molar-refractivity contribution in [1.82, 2.24) is 10.2 Å². The summed E-state index contributed by atoms with van der Waals surface area (Å²) < 4.78 is 41.7.